The van der Waals surface area contributed by atoms with Crippen LogP contribution in [-0.2, 0) is 0 Å². The Hall–Kier alpha value is -1.68. The van der Waals surface area contributed by atoms with Gasteiger partial charge in [-0.25, -0.2) is 0 Å². The van der Waals surface area contributed by atoms with Gasteiger partial charge in [0.25, 0.3) is 11.8 Å². The molecule has 2 aliphatic heterocycles. The molecule has 4 heteroatoms. The molecule has 2 aliphatic rings. The van der Waals surface area contributed by atoms with E-state index in [2.05, 4.69) is 5.32 Å². The van der Waals surface area contributed by atoms with Crippen LogP contribution in [0.15, 0.2) is 24.3 Å². The van der Waals surface area contributed by atoms with Gasteiger partial charge in [0, 0.05) is 6.54 Å². The first-order valence-electron chi connectivity index (χ1n) is 6.43. The van der Waals surface area contributed by atoms with Crippen LogP contribution in [0.4, 0.5) is 0 Å². The average Bonchev–Trinajstić information content (AvgIpc) is 2.66. The molecule has 0 aromatic heterocycles. The van der Waals surface area contributed by atoms with Gasteiger partial charge in [-0.2, -0.15) is 0 Å². The number of nitrogens with one attached hydrogen (secondary N) is 1. The number of nitrogens with zero attached hydrogens (tertiary/aromatic N) is 1. The number of carbonyl (C=O) groups is 2. The van der Waals surface area contributed by atoms with Crippen molar-refractivity contribution in [2.45, 2.75) is 12.8 Å². The van der Waals surface area contributed by atoms with Crippen molar-refractivity contribution in [3.8, 4) is 0 Å². The SMILES string of the molecule is O=C1c2ccccc2C(=O)N1CC1CCNCC1. The van der Waals surface area contributed by atoms with Crippen molar-refractivity contribution in [1.82, 2.24) is 10.2 Å². The second-order valence-electron chi connectivity index (χ2n) is 4.96. The molecule has 1 N–H and O–H groups in total. The van der Waals surface area contributed by atoms with Crippen LogP contribution in [0.5, 0.6) is 0 Å². The van der Waals surface area contributed by atoms with E-state index in [-0.39, 0.29) is 11.8 Å². The molecule has 1 fully saturated rings. The van der Waals surface area contributed by atoms with Crippen molar-refractivity contribution in [2.75, 3.05) is 19.6 Å². The lowest BCUT2D eigenvalue weighted by Gasteiger charge is -2.26. The summed E-state index contributed by atoms with van der Waals surface area (Å²) < 4.78 is 0. The summed E-state index contributed by atoms with van der Waals surface area (Å²) in [7, 11) is 0. The fraction of sp³-hybridized carbons (Fsp3) is 0.429. The van der Waals surface area contributed by atoms with Gasteiger partial charge in [-0.1, -0.05) is 12.1 Å². The molecule has 2 heterocycles. The molecule has 0 atom stereocenters. The first kappa shape index (κ1) is 11.4. The van der Waals surface area contributed by atoms with Crippen molar-refractivity contribution in [2.24, 2.45) is 5.92 Å². The standard InChI is InChI=1S/C14H16N2O2/c17-13-11-3-1-2-4-12(11)14(18)16(13)9-10-5-7-15-8-6-10/h1-4,10,15H,5-9H2. The first-order valence-corrected chi connectivity index (χ1v) is 6.43. The summed E-state index contributed by atoms with van der Waals surface area (Å²) in [5.74, 6) is 0.178. The van der Waals surface area contributed by atoms with Crippen molar-refractivity contribution >= 4 is 11.8 Å². The highest BCUT2D eigenvalue weighted by molar-refractivity contribution is 6.21. The van der Waals surface area contributed by atoms with Gasteiger partial charge in [0.15, 0.2) is 0 Å². The Balaban J connectivity index is 1.79. The Morgan fingerprint density at radius 1 is 1.06 bits per heavy atom. The molecule has 0 bridgehead atoms. The molecule has 94 valence electrons. The molecule has 18 heavy (non-hydrogen) atoms. The second-order valence-corrected chi connectivity index (χ2v) is 4.96. The molecule has 0 aliphatic carbocycles. The number of hydrogen-bond acceptors (Lipinski definition) is 3. The summed E-state index contributed by atoms with van der Waals surface area (Å²) in [4.78, 5) is 25.8. The highest BCUT2D eigenvalue weighted by Gasteiger charge is 2.36. The van der Waals surface area contributed by atoms with Gasteiger partial charge in [0.05, 0.1) is 11.1 Å². The Labute approximate surface area is 106 Å². The topological polar surface area (TPSA) is 49.4 Å². The van der Waals surface area contributed by atoms with Crippen LogP contribution in [0.2, 0.25) is 0 Å². The van der Waals surface area contributed by atoms with Gasteiger partial charge in [-0.15, -0.1) is 0 Å². The maximum Gasteiger partial charge on any atom is 0.261 e. The van der Waals surface area contributed by atoms with Crippen molar-refractivity contribution < 1.29 is 9.59 Å². The minimum absolute atomic E-state index is 0.130. The number of fused-ring (bicyclic) bond motifs is 1. The zero-order chi connectivity index (χ0) is 12.5. The van der Waals surface area contributed by atoms with Gasteiger partial charge in [-0.3, -0.25) is 14.5 Å². The molecule has 1 aromatic rings. The zero-order valence-corrected chi connectivity index (χ0v) is 10.2. The van der Waals surface area contributed by atoms with Gasteiger partial charge in [-0.05, 0) is 44.0 Å². The monoisotopic (exact) mass is 244 g/mol. The zero-order valence-electron chi connectivity index (χ0n) is 10.2. The third-order valence-corrected chi connectivity index (χ3v) is 3.78. The number of rotatable bonds is 2. The molecule has 0 spiro atoms. The van der Waals surface area contributed by atoms with E-state index < -0.39 is 0 Å². The van der Waals surface area contributed by atoms with Crippen LogP contribution in [0.3, 0.4) is 0 Å². The molecule has 0 radical (unpaired) electrons. The minimum atomic E-state index is -0.130. The maximum atomic E-state index is 12.2. The molecular weight excluding hydrogens is 228 g/mol. The molecule has 0 unspecified atom stereocenters. The lowest BCUT2D eigenvalue weighted by Crippen LogP contribution is -2.38. The van der Waals surface area contributed by atoms with Crippen LogP contribution >= 0.6 is 0 Å². The molecule has 2 amide bonds. The Kier molecular flexibility index (Phi) is 2.88. The van der Waals surface area contributed by atoms with Gasteiger partial charge in [0.1, 0.15) is 0 Å². The molecular formula is C14H16N2O2. The quantitative estimate of drug-likeness (QED) is 0.797. The summed E-state index contributed by atoms with van der Waals surface area (Å²) in [6, 6.07) is 7.08. The number of benzene rings is 1. The predicted octanol–water partition coefficient (Wildman–Crippen LogP) is 1.28. The number of imide groups is 1. The summed E-state index contributed by atoms with van der Waals surface area (Å²) in [6.07, 6.45) is 2.07. The van der Waals surface area contributed by atoms with E-state index in [1.807, 2.05) is 0 Å². The number of amides is 2. The van der Waals surface area contributed by atoms with Crippen LogP contribution < -0.4 is 5.32 Å². The number of piperidine rings is 1. The van der Waals surface area contributed by atoms with Gasteiger partial charge >= 0.3 is 0 Å². The molecule has 4 nitrogen and oxygen atoms in total. The molecule has 3 rings (SSSR count). The van der Waals surface area contributed by atoms with Crippen LogP contribution in [0.1, 0.15) is 33.6 Å². The number of carbonyl (C=O) groups excluding carboxylic acids is 2. The van der Waals surface area contributed by atoms with Gasteiger partial charge in [0.2, 0.25) is 0 Å². The van der Waals surface area contributed by atoms with Crippen molar-refractivity contribution in [3.05, 3.63) is 35.4 Å². The fourth-order valence-corrected chi connectivity index (χ4v) is 2.73. The third kappa shape index (κ3) is 1.82. The highest BCUT2D eigenvalue weighted by Crippen LogP contribution is 2.25. The smallest absolute Gasteiger partial charge is 0.261 e. The van der Waals surface area contributed by atoms with Crippen LogP contribution in [0.25, 0.3) is 0 Å². The third-order valence-electron chi connectivity index (χ3n) is 3.78. The Morgan fingerprint density at radius 3 is 2.17 bits per heavy atom. The molecule has 1 saturated heterocycles. The van der Waals surface area contributed by atoms with Crippen molar-refractivity contribution in [3.63, 3.8) is 0 Å². The van der Waals surface area contributed by atoms with Crippen LogP contribution in [0, 0.1) is 5.92 Å². The average molecular weight is 244 g/mol. The summed E-state index contributed by atoms with van der Waals surface area (Å²) in [5, 5.41) is 3.29. The number of hydrogen-bond donors (Lipinski definition) is 1. The predicted molar refractivity (Wildman–Crippen MR) is 67.4 cm³/mol. The van der Waals surface area contributed by atoms with E-state index in [1.54, 1.807) is 24.3 Å². The van der Waals surface area contributed by atoms with E-state index in [1.165, 1.54) is 4.90 Å². The Morgan fingerprint density at radius 2 is 1.61 bits per heavy atom. The highest BCUT2D eigenvalue weighted by atomic mass is 16.2. The Bertz CT molecular complexity index is 457. The molecule has 1 aromatic carbocycles. The second kappa shape index (κ2) is 4.53. The first-order chi connectivity index (χ1) is 8.77. The largest absolute Gasteiger partial charge is 0.317 e. The molecule has 0 saturated carbocycles. The lowest BCUT2D eigenvalue weighted by atomic mass is 9.97. The fourth-order valence-electron chi connectivity index (χ4n) is 2.73. The van der Waals surface area contributed by atoms with Crippen molar-refractivity contribution in [1.29, 1.82) is 0 Å². The summed E-state index contributed by atoms with van der Waals surface area (Å²) >= 11 is 0. The van der Waals surface area contributed by atoms with E-state index in [4.69, 9.17) is 0 Å². The summed E-state index contributed by atoms with van der Waals surface area (Å²) in [6.45, 7) is 2.52. The maximum absolute atomic E-state index is 12.2. The summed E-state index contributed by atoms with van der Waals surface area (Å²) in [5.41, 5.74) is 1.10. The van der Waals surface area contributed by atoms with E-state index in [0.29, 0.717) is 23.6 Å². The minimum Gasteiger partial charge on any atom is -0.317 e. The van der Waals surface area contributed by atoms with E-state index in [9.17, 15) is 9.59 Å². The van der Waals surface area contributed by atoms with Crippen LogP contribution in [-0.4, -0.2) is 36.3 Å². The lowest BCUT2D eigenvalue weighted by molar-refractivity contribution is 0.0619. The normalized spacial score (nSPS) is 20.3. The van der Waals surface area contributed by atoms with E-state index >= 15 is 0 Å². The van der Waals surface area contributed by atoms with Gasteiger partial charge < -0.3 is 5.32 Å². The van der Waals surface area contributed by atoms with E-state index in [0.717, 1.165) is 25.9 Å².